The Kier molecular flexibility index (Phi) is 6.96. The molecule has 1 atom stereocenters. The molecule has 11 heteroatoms. The molecule has 0 saturated carbocycles. The largest absolute Gasteiger partial charge is 0.442 e. The van der Waals surface area contributed by atoms with Crippen molar-refractivity contribution in [1.82, 2.24) is 5.32 Å². The van der Waals surface area contributed by atoms with Gasteiger partial charge in [0, 0.05) is 40.8 Å². The van der Waals surface area contributed by atoms with E-state index >= 15 is 0 Å². The predicted molar refractivity (Wildman–Crippen MR) is 128 cm³/mol. The van der Waals surface area contributed by atoms with Crippen molar-refractivity contribution < 1.29 is 23.9 Å². The van der Waals surface area contributed by atoms with Gasteiger partial charge in [-0.15, -0.1) is 0 Å². The summed E-state index contributed by atoms with van der Waals surface area (Å²) in [5, 5.41) is 3.20. The maximum atomic E-state index is 12.5. The van der Waals surface area contributed by atoms with Crippen molar-refractivity contribution in [1.29, 1.82) is 0 Å². The number of morpholine rings is 1. The molecule has 2 aliphatic heterocycles. The number of nitrogens with zero attached hydrogens (tertiary/aromatic N) is 2. The summed E-state index contributed by atoms with van der Waals surface area (Å²) >= 11 is 11.2. The number of benzene rings is 1. The molecular weight excluding hydrogens is 468 g/mol. The highest BCUT2D eigenvalue weighted by Gasteiger charge is 2.33. The molecule has 9 nitrogen and oxygen atoms in total. The normalized spacial score (nSPS) is 20.8. The fraction of sp³-hybridized carbons (Fsp3) is 0.364. The van der Waals surface area contributed by atoms with Crippen LogP contribution in [0.25, 0.3) is 0 Å². The van der Waals surface area contributed by atoms with Crippen molar-refractivity contribution in [3.05, 3.63) is 46.5 Å². The van der Waals surface area contributed by atoms with Gasteiger partial charge in [-0.05, 0) is 24.3 Å². The zero-order chi connectivity index (χ0) is 23.5. The fourth-order valence-electron chi connectivity index (χ4n) is 3.88. The highest BCUT2D eigenvalue weighted by atomic mass is 35.5. The van der Waals surface area contributed by atoms with Gasteiger partial charge in [0.2, 0.25) is 0 Å². The van der Waals surface area contributed by atoms with Crippen LogP contribution in [0.3, 0.4) is 0 Å². The number of hydrogen-bond acceptors (Lipinski definition) is 7. The Morgan fingerprint density at radius 3 is 2.76 bits per heavy atom. The van der Waals surface area contributed by atoms with Crippen LogP contribution in [0.1, 0.15) is 16.8 Å². The number of thiocarbonyl (C=S) groups is 1. The number of halogens is 1. The lowest BCUT2D eigenvalue weighted by molar-refractivity contribution is -0.117. The number of rotatable bonds is 6. The van der Waals surface area contributed by atoms with Gasteiger partial charge in [-0.3, -0.25) is 14.5 Å². The van der Waals surface area contributed by atoms with E-state index in [0.717, 1.165) is 0 Å². The van der Waals surface area contributed by atoms with Gasteiger partial charge in [-0.25, -0.2) is 4.79 Å². The van der Waals surface area contributed by atoms with Gasteiger partial charge in [0.15, 0.2) is 0 Å². The Hall–Kier alpha value is -2.95. The highest BCUT2D eigenvalue weighted by molar-refractivity contribution is 7.81. The van der Waals surface area contributed by atoms with Gasteiger partial charge >= 0.3 is 6.09 Å². The molecule has 4 rings (SSSR count). The average Bonchev–Trinajstić information content (AvgIpc) is 3.19. The molecule has 1 aromatic carbocycles. The van der Waals surface area contributed by atoms with Gasteiger partial charge in [-0.2, -0.15) is 0 Å². The molecule has 174 valence electrons. The first-order valence-corrected chi connectivity index (χ1v) is 11.3. The molecule has 3 aliphatic rings. The number of amides is 3. The maximum Gasteiger partial charge on any atom is 0.414 e. The summed E-state index contributed by atoms with van der Waals surface area (Å²) in [7, 11) is 0. The van der Waals surface area contributed by atoms with Crippen LogP contribution in [0.5, 0.6) is 0 Å². The monoisotopic (exact) mass is 490 g/mol. The van der Waals surface area contributed by atoms with Crippen LogP contribution in [-0.4, -0.2) is 68.3 Å². The number of anilines is 2. The Bertz CT molecular complexity index is 1070. The molecule has 0 bridgehead atoms. The van der Waals surface area contributed by atoms with Crippen LogP contribution in [0.4, 0.5) is 16.2 Å². The molecule has 2 saturated heterocycles. The molecule has 1 aliphatic carbocycles. The number of carbonyl (C=O) groups is 3. The molecule has 2 fully saturated rings. The summed E-state index contributed by atoms with van der Waals surface area (Å²) in [5.74, 6) is -0.953. The van der Waals surface area contributed by atoms with Gasteiger partial charge in [0.1, 0.15) is 6.10 Å². The Morgan fingerprint density at radius 2 is 2.03 bits per heavy atom. The summed E-state index contributed by atoms with van der Waals surface area (Å²) in [6, 6.07) is 5.12. The number of nitrogens with one attached hydrogen (secondary N) is 1. The van der Waals surface area contributed by atoms with Gasteiger partial charge in [0.05, 0.1) is 37.4 Å². The third-order valence-electron chi connectivity index (χ3n) is 5.58. The van der Waals surface area contributed by atoms with Crippen molar-refractivity contribution in [3.63, 3.8) is 0 Å². The number of carbonyl (C=O) groups excluding carboxylic acids is 3. The molecule has 0 aromatic heterocycles. The molecule has 0 spiro atoms. The lowest BCUT2D eigenvalue weighted by Gasteiger charge is -2.30. The molecular formula is C22H23ClN4O5S. The van der Waals surface area contributed by atoms with E-state index in [9.17, 15) is 14.4 Å². The van der Waals surface area contributed by atoms with Gasteiger partial charge in [0.25, 0.3) is 11.8 Å². The van der Waals surface area contributed by atoms with E-state index < -0.39 is 18.1 Å². The van der Waals surface area contributed by atoms with Crippen LogP contribution >= 0.6 is 23.8 Å². The lowest BCUT2D eigenvalue weighted by Crippen LogP contribution is -2.38. The molecule has 1 aromatic rings. The summed E-state index contributed by atoms with van der Waals surface area (Å²) in [4.78, 5) is 41.0. The van der Waals surface area contributed by atoms with Crippen LogP contribution in [0.2, 0.25) is 0 Å². The minimum absolute atomic E-state index is 0.108. The lowest BCUT2D eigenvalue weighted by atomic mass is 10.0. The van der Waals surface area contributed by atoms with Gasteiger partial charge < -0.3 is 25.4 Å². The number of primary amides is 1. The third kappa shape index (κ3) is 5.18. The number of ether oxygens (including phenoxy) is 2. The maximum absolute atomic E-state index is 12.5. The minimum Gasteiger partial charge on any atom is -0.442 e. The SMILES string of the molecule is NC(=O)c1cc(N2CC(CNC(=O)C3=CC(Cl)=CCC3=S)OC2=O)ccc1N1CCOCC1. The summed E-state index contributed by atoms with van der Waals surface area (Å²) in [5.41, 5.74) is 7.47. The fourth-order valence-corrected chi connectivity index (χ4v) is 4.30. The van der Waals surface area contributed by atoms with Crippen molar-refractivity contribution in [2.75, 3.05) is 49.2 Å². The van der Waals surface area contributed by atoms with Crippen LogP contribution in [-0.2, 0) is 14.3 Å². The standard InChI is InChI=1S/C22H23ClN4O5S/c23-13-1-4-19(33)17(9-13)21(29)25-11-15-12-27(22(30)32-15)14-2-3-18(16(10-14)20(24)28)26-5-7-31-8-6-26/h1-3,9-10,15H,4-8,11-12H2,(H2,24,28)(H,25,29). The number of nitrogens with two attached hydrogens (primary N) is 1. The second kappa shape index (κ2) is 9.90. The quantitative estimate of drug-likeness (QED) is 0.585. The molecule has 2 heterocycles. The summed E-state index contributed by atoms with van der Waals surface area (Å²) < 4.78 is 10.8. The van der Waals surface area contributed by atoms with Crippen LogP contribution in [0.15, 0.2) is 41.0 Å². The van der Waals surface area contributed by atoms with Crippen molar-refractivity contribution in [3.8, 4) is 0 Å². The van der Waals surface area contributed by atoms with E-state index in [2.05, 4.69) is 5.32 Å². The Labute approximate surface area is 201 Å². The smallest absolute Gasteiger partial charge is 0.414 e. The number of hydrogen-bond donors (Lipinski definition) is 2. The molecule has 0 radical (unpaired) electrons. The first-order chi connectivity index (χ1) is 15.8. The first-order valence-electron chi connectivity index (χ1n) is 10.5. The first kappa shape index (κ1) is 23.2. The predicted octanol–water partition coefficient (Wildman–Crippen LogP) is 1.89. The second-order valence-corrected chi connectivity index (χ2v) is 8.70. The molecule has 1 unspecified atom stereocenters. The van der Waals surface area contributed by atoms with Crippen LogP contribution in [0, 0.1) is 0 Å². The van der Waals surface area contributed by atoms with Crippen molar-refractivity contribution >= 4 is 58.0 Å². The summed E-state index contributed by atoms with van der Waals surface area (Å²) in [6.45, 7) is 2.74. The van der Waals surface area contributed by atoms with Gasteiger partial charge in [-0.1, -0.05) is 29.9 Å². The molecule has 3 N–H and O–H groups in total. The van der Waals surface area contributed by atoms with E-state index in [4.69, 9.17) is 39.0 Å². The zero-order valence-electron chi connectivity index (χ0n) is 17.7. The Morgan fingerprint density at radius 1 is 1.27 bits per heavy atom. The van der Waals surface area contributed by atoms with E-state index in [1.807, 2.05) is 4.90 Å². The second-order valence-electron chi connectivity index (χ2n) is 7.77. The van der Waals surface area contributed by atoms with Crippen LogP contribution < -0.4 is 20.9 Å². The number of cyclic esters (lactones) is 1. The summed E-state index contributed by atoms with van der Waals surface area (Å²) in [6.07, 6.45) is 2.56. The average molecular weight is 491 g/mol. The zero-order valence-corrected chi connectivity index (χ0v) is 19.3. The van der Waals surface area contributed by atoms with E-state index in [1.165, 1.54) is 11.0 Å². The number of allylic oxidation sites excluding steroid dienone is 3. The molecule has 3 amide bonds. The highest BCUT2D eigenvalue weighted by Crippen LogP contribution is 2.29. The van der Waals surface area contributed by atoms with E-state index in [0.29, 0.717) is 65.1 Å². The van der Waals surface area contributed by atoms with E-state index in [-0.39, 0.29) is 19.0 Å². The van der Waals surface area contributed by atoms with E-state index in [1.54, 1.807) is 24.3 Å². The Balaban J connectivity index is 1.43. The third-order valence-corrected chi connectivity index (χ3v) is 6.23. The topological polar surface area (TPSA) is 114 Å². The van der Waals surface area contributed by atoms with Crippen molar-refractivity contribution in [2.45, 2.75) is 12.5 Å². The molecule has 33 heavy (non-hydrogen) atoms. The minimum atomic E-state index is -0.584. The van der Waals surface area contributed by atoms with Crippen molar-refractivity contribution in [2.24, 2.45) is 5.73 Å².